The zero-order valence-corrected chi connectivity index (χ0v) is 7.21. The van der Waals surface area contributed by atoms with Gasteiger partial charge in [0.2, 0.25) is 5.91 Å². The molecule has 68 valence electrons. The van der Waals surface area contributed by atoms with Crippen molar-refractivity contribution >= 4 is 12.0 Å². The fourth-order valence-corrected chi connectivity index (χ4v) is 1.08. The van der Waals surface area contributed by atoms with Crippen LogP contribution in [0.3, 0.4) is 0 Å². The van der Waals surface area contributed by atoms with E-state index in [9.17, 15) is 9.59 Å². The Morgan fingerprint density at radius 1 is 1.67 bits per heavy atom. The maximum absolute atomic E-state index is 11.2. The molecular weight excluding hydrogens is 158 g/mol. The number of nitrogens with zero attached hydrogens (tertiary/aromatic N) is 1. The van der Waals surface area contributed by atoms with Gasteiger partial charge in [-0.2, -0.15) is 0 Å². The van der Waals surface area contributed by atoms with Gasteiger partial charge >= 0.3 is 6.09 Å². The van der Waals surface area contributed by atoms with Gasteiger partial charge in [-0.3, -0.25) is 4.79 Å². The van der Waals surface area contributed by atoms with Gasteiger partial charge in [0.05, 0.1) is 6.54 Å². The van der Waals surface area contributed by atoms with Gasteiger partial charge in [0.1, 0.15) is 6.61 Å². The highest BCUT2D eigenvalue weighted by atomic mass is 16.6. The first-order valence-electron chi connectivity index (χ1n) is 4.23. The van der Waals surface area contributed by atoms with Gasteiger partial charge < -0.3 is 4.74 Å². The highest BCUT2D eigenvalue weighted by Crippen LogP contribution is 2.07. The minimum atomic E-state index is -0.490. The van der Waals surface area contributed by atoms with Crippen LogP contribution in [0.15, 0.2) is 0 Å². The Morgan fingerprint density at radius 3 is 2.92 bits per heavy atom. The molecule has 2 amide bonds. The zero-order chi connectivity index (χ0) is 8.97. The Balaban J connectivity index is 2.36. The largest absolute Gasteiger partial charge is 0.447 e. The van der Waals surface area contributed by atoms with Crippen LogP contribution in [0, 0.1) is 0 Å². The number of hydrogen-bond acceptors (Lipinski definition) is 3. The first-order chi connectivity index (χ1) is 5.75. The summed E-state index contributed by atoms with van der Waals surface area (Å²) in [5, 5.41) is 0. The molecule has 0 atom stereocenters. The second kappa shape index (κ2) is 4.09. The summed E-state index contributed by atoms with van der Waals surface area (Å²) in [6.07, 6.45) is 1.76. The van der Waals surface area contributed by atoms with Crippen molar-refractivity contribution in [3.63, 3.8) is 0 Å². The fraction of sp³-hybridized carbons (Fsp3) is 0.750. The Kier molecular flexibility index (Phi) is 3.08. The van der Waals surface area contributed by atoms with E-state index in [1.54, 1.807) is 0 Å². The Bertz CT molecular complexity index is 191. The van der Waals surface area contributed by atoms with Gasteiger partial charge in [0.25, 0.3) is 0 Å². The number of ether oxygens (including phenoxy) is 1. The van der Waals surface area contributed by atoms with Crippen LogP contribution >= 0.6 is 0 Å². The smallest absolute Gasteiger partial charge is 0.416 e. The van der Waals surface area contributed by atoms with E-state index in [2.05, 4.69) is 4.74 Å². The lowest BCUT2D eigenvalue weighted by Crippen LogP contribution is -2.31. The zero-order valence-electron chi connectivity index (χ0n) is 7.21. The molecule has 1 heterocycles. The van der Waals surface area contributed by atoms with Crippen molar-refractivity contribution in [2.24, 2.45) is 0 Å². The molecule has 1 aliphatic rings. The summed E-state index contributed by atoms with van der Waals surface area (Å²) in [5.74, 6) is -0.112. The third kappa shape index (κ3) is 1.96. The van der Waals surface area contributed by atoms with Crippen molar-refractivity contribution in [2.45, 2.75) is 26.2 Å². The van der Waals surface area contributed by atoms with Gasteiger partial charge in [0.15, 0.2) is 0 Å². The van der Waals surface area contributed by atoms with Crippen molar-refractivity contribution in [1.82, 2.24) is 4.90 Å². The normalized spacial score (nSPS) is 16.4. The molecule has 0 aromatic rings. The van der Waals surface area contributed by atoms with Crippen LogP contribution in [0.4, 0.5) is 4.79 Å². The van der Waals surface area contributed by atoms with Gasteiger partial charge in [-0.25, -0.2) is 9.69 Å². The van der Waals surface area contributed by atoms with E-state index >= 15 is 0 Å². The van der Waals surface area contributed by atoms with Crippen LogP contribution in [0.1, 0.15) is 26.2 Å². The van der Waals surface area contributed by atoms with E-state index in [-0.39, 0.29) is 5.91 Å². The lowest BCUT2D eigenvalue weighted by atomic mass is 10.2. The third-order valence-electron chi connectivity index (χ3n) is 1.81. The first kappa shape index (κ1) is 9.03. The van der Waals surface area contributed by atoms with Crippen LogP contribution in [-0.4, -0.2) is 30.1 Å². The summed E-state index contributed by atoms with van der Waals surface area (Å²) in [5.41, 5.74) is 0. The molecule has 0 bridgehead atoms. The summed E-state index contributed by atoms with van der Waals surface area (Å²) in [6.45, 7) is 2.77. The molecule has 0 aliphatic carbocycles. The highest BCUT2D eigenvalue weighted by Gasteiger charge is 2.27. The molecule has 4 nitrogen and oxygen atoms in total. The Hall–Kier alpha value is -1.06. The van der Waals surface area contributed by atoms with Crippen LogP contribution in [0.5, 0.6) is 0 Å². The first-order valence-corrected chi connectivity index (χ1v) is 4.23. The summed E-state index contributed by atoms with van der Waals surface area (Å²) in [6, 6.07) is 0. The molecule has 1 fully saturated rings. The standard InChI is InChI=1S/C8H13NO3/c1-2-3-4-7(10)9-5-6-12-8(9)11/h2-6H2,1H3. The summed E-state index contributed by atoms with van der Waals surface area (Å²) < 4.78 is 4.63. The molecule has 0 N–H and O–H groups in total. The number of imide groups is 1. The average molecular weight is 171 g/mol. The fourth-order valence-electron chi connectivity index (χ4n) is 1.08. The Labute approximate surface area is 71.5 Å². The highest BCUT2D eigenvalue weighted by molar-refractivity contribution is 5.92. The predicted octanol–water partition coefficient (Wildman–Crippen LogP) is 1.16. The molecule has 4 heteroatoms. The van der Waals surface area contributed by atoms with E-state index in [4.69, 9.17) is 0 Å². The van der Waals surface area contributed by atoms with Crippen LogP contribution in [0.2, 0.25) is 0 Å². The second-order valence-electron chi connectivity index (χ2n) is 2.76. The van der Waals surface area contributed by atoms with Gasteiger partial charge in [-0.05, 0) is 6.42 Å². The van der Waals surface area contributed by atoms with E-state index in [1.807, 2.05) is 6.92 Å². The van der Waals surface area contributed by atoms with Crippen molar-refractivity contribution in [1.29, 1.82) is 0 Å². The average Bonchev–Trinajstić information content (AvgIpc) is 2.47. The monoisotopic (exact) mass is 171 g/mol. The van der Waals surface area contributed by atoms with E-state index in [1.165, 1.54) is 4.90 Å². The van der Waals surface area contributed by atoms with Crippen LogP contribution in [-0.2, 0) is 9.53 Å². The molecule has 12 heavy (non-hydrogen) atoms. The minimum absolute atomic E-state index is 0.112. The molecule has 0 radical (unpaired) electrons. The molecule has 0 aromatic heterocycles. The van der Waals surface area contributed by atoms with Gasteiger partial charge in [-0.15, -0.1) is 0 Å². The number of carbonyl (C=O) groups excluding carboxylic acids is 2. The number of hydrogen-bond donors (Lipinski definition) is 0. The van der Waals surface area contributed by atoms with Crippen molar-refractivity contribution in [2.75, 3.05) is 13.2 Å². The number of unbranched alkanes of at least 4 members (excludes halogenated alkanes) is 1. The van der Waals surface area contributed by atoms with Crippen molar-refractivity contribution in [3.05, 3.63) is 0 Å². The molecule has 1 rings (SSSR count). The van der Waals surface area contributed by atoms with Crippen LogP contribution < -0.4 is 0 Å². The van der Waals surface area contributed by atoms with E-state index in [0.29, 0.717) is 19.6 Å². The molecule has 1 saturated heterocycles. The predicted molar refractivity (Wildman–Crippen MR) is 42.6 cm³/mol. The van der Waals surface area contributed by atoms with Gasteiger partial charge in [0, 0.05) is 6.42 Å². The number of carbonyl (C=O) groups is 2. The molecule has 1 aliphatic heterocycles. The second-order valence-corrected chi connectivity index (χ2v) is 2.76. The molecule has 0 unspecified atom stereocenters. The van der Waals surface area contributed by atoms with E-state index < -0.39 is 6.09 Å². The quantitative estimate of drug-likeness (QED) is 0.640. The third-order valence-corrected chi connectivity index (χ3v) is 1.81. The summed E-state index contributed by atoms with van der Waals surface area (Å²) in [4.78, 5) is 23.3. The SMILES string of the molecule is CCCCC(=O)N1CCOC1=O. The molecule has 0 saturated carbocycles. The maximum atomic E-state index is 11.2. The maximum Gasteiger partial charge on any atom is 0.416 e. The lowest BCUT2D eigenvalue weighted by Gasteiger charge is -2.09. The van der Waals surface area contributed by atoms with Gasteiger partial charge in [-0.1, -0.05) is 13.3 Å². The lowest BCUT2D eigenvalue weighted by molar-refractivity contribution is -0.127. The molecular formula is C8H13NO3. The summed E-state index contributed by atoms with van der Waals surface area (Å²) >= 11 is 0. The van der Waals surface area contributed by atoms with Crippen molar-refractivity contribution in [3.8, 4) is 0 Å². The number of amides is 2. The summed E-state index contributed by atoms with van der Waals surface area (Å²) in [7, 11) is 0. The van der Waals surface area contributed by atoms with Crippen molar-refractivity contribution < 1.29 is 14.3 Å². The number of cyclic esters (lactones) is 1. The Morgan fingerprint density at radius 2 is 2.42 bits per heavy atom. The molecule has 0 spiro atoms. The number of rotatable bonds is 3. The minimum Gasteiger partial charge on any atom is -0.447 e. The molecule has 0 aromatic carbocycles. The topological polar surface area (TPSA) is 46.6 Å². The van der Waals surface area contributed by atoms with E-state index in [0.717, 1.165) is 12.8 Å². The van der Waals surface area contributed by atoms with Crippen LogP contribution in [0.25, 0.3) is 0 Å².